The van der Waals surface area contributed by atoms with Gasteiger partial charge in [0.25, 0.3) is 5.91 Å². The van der Waals surface area contributed by atoms with Crippen LogP contribution in [0.5, 0.6) is 0 Å². The molecule has 5 nitrogen and oxygen atoms in total. The van der Waals surface area contributed by atoms with Gasteiger partial charge in [-0.25, -0.2) is 0 Å². The van der Waals surface area contributed by atoms with Gasteiger partial charge in [0.05, 0.1) is 16.3 Å². The van der Waals surface area contributed by atoms with E-state index in [1.165, 1.54) is 11.3 Å². The van der Waals surface area contributed by atoms with E-state index in [2.05, 4.69) is 5.32 Å². The number of carbonyl (C=O) groups excluding carboxylic acids is 3. The maximum atomic E-state index is 13.4. The Bertz CT molecular complexity index is 759. The fourth-order valence-electron chi connectivity index (χ4n) is 4.92. The number of ketones is 1. The van der Waals surface area contributed by atoms with E-state index in [0.717, 1.165) is 37.0 Å². The number of hydrogen-bond acceptors (Lipinski definition) is 4. The Balaban J connectivity index is 0.00000117. The number of thiophene rings is 1. The summed E-state index contributed by atoms with van der Waals surface area (Å²) in [6, 6.07) is 2.74. The van der Waals surface area contributed by atoms with Crippen molar-refractivity contribution in [1.82, 2.24) is 10.2 Å². The van der Waals surface area contributed by atoms with Crippen molar-refractivity contribution < 1.29 is 14.4 Å². The van der Waals surface area contributed by atoms with Crippen LogP contribution in [0.4, 0.5) is 0 Å². The second-order valence-electron chi connectivity index (χ2n) is 8.03. The Morgan fingerprint density at radius 1 is 1.21 bits per heavy atom. The molecule has 0 radical (unpaired) electrons. The molecule has 2 aliphatic carbocycles. The first kappa shape index (κ1) is 22.3. The van der Waals surface area contributed by atoms with Crippen LogP contribution in [0.3, 0.4) is 0 Å². The van der Waals surface area contributed by atoms with Crippen LogP contribution in [0.25, 0.3) is 0 Å². The normalized spacial score (nSPS) is 27.4. The molecule has 4 rings (SSSR count). The molecule has 3 fully saturated rings. The molecule has 1 aromatic heterocycles. The fraction of sp³-hybridized carbons (Fsp3) is 0.682. The van der Waals surface area contributed by atoms with Crippen LogP contribution in [-0.2, 0) is 9.59 Å². The quantitative estimate of drug-likeness (QED) is 0.717. The van der Waals surface area contributed by atoms with Gasteiger partial charge < -0.3 is 10.2 Å². The summed E-state index contributed by atoms with van der Waals surface area (Å²) in [5, 5.41) is 2.83. The van der Waals surface area contributed by atoms with Crippen molar-refractivity contribution in [3.8, 4) is 0 Å². The molecule has 2 saturated carbocycles. The zero-order chi connectivity index (χ0) is 21.1. The summed E-state index contributed by atoms with van der Waals surface area (Å²) in [4.78, 5) is 41.9. The number of likely N-dealkylation sites (tertiary alicyclic amines) is 1. The van der Waals surface area contributed by atoms with E-state index in [-0.39, 0.29) is 34.8 Å². The standard InChI is InChI=1S/C20H25ClN2O3S.C2H6/c1-11-6-9-16(27-11)19(25)22-17(12-4-2-3-5-12)20(26)23-10-14(21)13-7-8-15(24)18(13)23;1-2/h6,9,12-14,17-18H,2-5,7-8,10H2,1H3,(H,22,25);1-2H3/t13-,14+,17+,18+;/m1./s1. The SMILES string of the molecule is CC.Cc1ccc(C(=O)N[C@H](C(=O)N2C[C@H](Cl)[C@H]3CCC(=O)[C@H]32)C2CCCC2)s1. The van der Waals surface area contributed by atoms with E-state index >= 15 is 0 Å². The third-order valence-corrected chi connectivity index (χ3v) is 7.76. The number of fused-ring (bicyclic) bond motifs is 1. The summed E-state index contributed by atoms with van der Waals surface area (Å²) in [6.45, 7) is 6.36. The number of amides is 2. The summed E-state index contributed by atoms with van der Waals surface area (Å²) in [6.07, 6.45) is 5.27. The van der Waals surface area contributed by atoms with Crippen molar-refractivity contribution in [3.05, 3.63) is 21.9 Å². The summed E-state index contributed by atoms with van der Waals surface area (Å²) in [5.74, 6) is -0.0251. The van der Waals surface area contributed by atoms with E-state index in [9.17, 15) is 14.4 Å². The van der Waals surface area contributed by atoms with Crippen molar-refractivity contribution in [2.45, 2.75) is 76.8 Å². The number of halogens is 1. The molecule has 0 unspecified atom stereocenters. The van der Waals surface area contributed by atoms with E-state index in [1.54, 1.807) is 11.0 Å². The Hall–Kier alpha value is -1.40. The van der Waals surface area contributed by atoms with E-state index in [4.69, 9.17) is 11.6 Å². The van der Waals surface area contributed by atoms with Gasteiger partial charge in [0.1, 0.15) is 6.04 Å². The average molecular weight is 439 g/mol. The number of carbonyl (C=O) groups is 3. The molecule has 1 N–H and O–H groups in total. The minimum absolute atomic E-state index is 0.0583. The number of hydrogen-bond donors (Lipinski definition) is 1. The smallest absolute Gasteiger partial charge is 0.262 e. The average Bonchev–Trinajstić information content (AvgIpc) is 3.49. The molecular weight excluding hydrogens is 408 g/mol. The summed E-state index contributed by atoms with van der Waals surface area (Å²) < 4.78 is 0. The topological polar surface area (TPSA) is 66.5 Å². The number of aryl methyl sites for hydroxylation is 1. The van der Waals surface area contributed by atoms with Crippen molar-refractivity contribution in [2.24, 2.45) is 11.8 Å². The van der Waals surface area contributed by atoms with Gasteiger partial charge in [-0.05, 0) is 44.2 Å². The largest absolute Gasteiger partial charge is 0.339 e. The highest BCUT2D eigenvalue weighted by atomic mass is 35.5. The monoisotopic (exact) mass is 438 g/mol. The van der Waals surface area contributed by atoms with Crippen LogP contribution in [-0.4, -0.2) is 46.5 Å². The molecule has 1 aromatic rings. The first-order valence-electron chi connectivity index (χ1n) is 10.8. The van der Waals surface area contributed by atoms with Crippen molar-refractivity contribution in [2.75, 3.05) is 6.54 Å². The van der Waals surface area contributed by atoms with Gasteiger partial charge in [0.2, 0.25) is 5.91 Å². The lowest BCUT2D eigenvalue weighted by atomic mass is 9.96. The molecule has 4 atom stereocenters. The van der Waals surface area contributed by atoms with Crippen molar-refractivity contribution >= 4 is 40.5 Å². The summed E-state index contributed by atoms with van der Waals surface area (Å²) in [7, 11) is 0. The van der Waals surface area contributed by atoms with Crippen LogP contribution in [0.1, 0.15) is 66.9 Å². The molecule has 2 amide bonds. The zero-order valence-corrected chi connectivity index (χ0v) is 19.0. The maximum absolute atomic E-state index is 13.4. The predicted molar refractivity (Wildman–Crippen MR) is 116 cm³/mol. The molecule has 0 bridgehead atoms. The van der Waals surface area contributed by atoms with Gasteiger partial charge in [-0.2, -0.15) is 0 Å². The summed E-state index contributed by atoms with van der Waals surface area (Å²) >= 11 is 7.88. The molecule has 1 aliphatic heterocycles. The second-order valence-corrected chi connectivity index (χ2v) is 9.87. The minimum atomic E-state index is -0.571. The molecule has 2 heterocycles. The number of nitrogens with one attached hydrogen (secondary N) is 1. The Morgan fingerprint density at radius 2 is 1.90 bits per heavy atom. The lowest BCUT2D eigenvalue weighted by molar-refractivity contribution is -0.139. The lowest BCUT2D eigenvalue weighted by Crippen LogP contribution is -2.54. The molecule has 3 aliphatic rings. The highest BCUT2D eigenvalue weighted by molar-refractivity contribution is 7.13. The highest BCUT2D eigenvalue weighted by Crippen LogP contribution is 2.40. The molecular formula is C22H31ClN2O3S. The van der Waals surface area contributed by atoms with Gasteiger partial charge in [-0.1, -0.05) is 26.7 Å². The number of Topliss-reactive ketones (excluding diaryl/α,β-unsaturated/α-hetero) is 1. The van der Waals surface area contributed by atoms with Gasteiger partial charge in [-0.15, -0.1) is 22.9 Å². The Labute approximate surface area is 182 Å². The Kier molecular flexibility index (Phi) is 7.38. The van der Waals surface area contributed by atoms with Crippen molar-refractivity contribution in [1.29, 1.82) is 0 Å². The van der Waals surface area contributed by atoms with E-state index in [0.29, 0.717) is 17.8 Å². The minimum Gasteiger partial charge on any atom is -0.339 e. The highest BCUT2D eigenvalue weighted by Gasteiger charge is 2.52. The van der Waals surface area contributed by atoms with Gasteiger partial charge >= 0.3 is 0 Å². The lowest BCUT2D eigenvalue weighted by Gasteiger charge is -2.31. The third kappa shape index (κ3) is 4.53. The first-order valence-corrected chi connectivity index (χ1v) is 12.1. The second kappa shape index (κ2) is 9.61. The molecule has 29 heavy (non-hydrogen) atoms. The van der Waals surface area contributed by atoms with E-state index in [1.807, 2.05) is 26.8 Å². The van der Waals surface area contributed by atoms with Gasteiger partial charge in [0, 0.05) is 23.8 Å². The molecule has 0 spiro atoms. The molecule has 1 saturated heterocycles. The predicted octanol–water partition coefficient (Wildman–Crippen LogP) is 4.17. The van der Waals surface area contributed by atoms with Crippen molar-refractivity contribution in [3.63, 3.8) is 0 Å². The molecule has 160 valence electrons. The third-order valence-electron chi connectivity index (χ3n) is 6.30. The molecule has 7 heteroatoms. The number of rotatable bonds is 4. The van der Waals surface area contributed by atoms with E-state index < -0.39 is 12.1 Å². The van der Waals surface area contributed by atoms with Crippen LogP contribution in [0, 0.1) is 18.8 Å². The Morgan fingerprint density at radius 3 is 2.52 bits per heavy atom. The first-order chi connectivity index (χ1) is 14.0. The summed E-state index contributed by atoms with van der Waals surface area (Å²) in [5.41, 5.74) is 0. The van der Waals surface area contributed by atoms with Crippen LogP contribution >= 0.6 is 22.9 Å². The maximum Gasteiger partial charge on any atom is 0.262 e. The van der Waals surface area contributed by atoms with Crippen LogP contribution < -0.4 is 5.32 Å². The number of nitrogens with zero attached hydrogens (tertiary/aromatic N) is 1. The molecule has 0 aromatic carbocycles. The fourth-order valence-corrected chi connectivity index (χ4v) is 6.10. The van der Waals surface area contributed by atoms with Gasteiger partial charge in [-0.3, -0.25) is 14.4 Å². The zero-order valence-electron chi connectivity index (χ0n) is 17.4. The van der Waals surface area contributed by atoms with Crippen LogP contribution in [0.2, 0.25) is 0 Å². The number of alkyl halides is 1. The van der Waals surface area contributed by atoms with Crippen LogP contribution in [0.15, 0.2) is 12.1 Å². The van der Waals surface area contributed by atoms with Gasteiger partial charge in [0.15, 0.2) is 5.78 Å².